The van der Waals surface area contributed by atoms with Crippen molar-refractivity contribution < 1.29 is 9.53 Å². The van der Waals surface area contributed by atoms with Crippen LogP contribution in [0.15, 0.2) is 0 Å². The van der Waals surface area contributed by atoms with Crippen LogP contribution in [0.3, 0.4) is 0 Å². The number of methoxy groups -OCH3 is 1. The summed E-state index contributed by atoms with van der Waals surface area (Å²) in [5.74, 6) is -0.206. The van der Waals surface area contributed by atoms with Gasteiger partial charge in [-0.05, 0) is 19.4 Å². The molecule has 1 aromatic heterocycles. The van der Waals surface area contributed by atoms with E-state index >= 15 is 0 Å². The van der Waals surface area contributed by atoms with E-state index < -0.39 is 5.97 Å². The number of aromatic nitrogens is 1. The van der Waals surface area contributed by atoms with Crippen molar-refractivity contribution in [1.29, 1.82) is 0 Å². The highest BCUT2D eigenvalue weighted by Crippen LogP contribution is 2.26. The number of esters is 1. The van der Waals surface area contributed by atoms with Gasteiger partial charge in [0.2, 0.25) is 0 Å². The van der Waals surface area contributed by atoms with Gasteiger partial charge in [-0.2, -0.15) is 0 Å². The fourth-order valence-electron chi connectivity index (χ4n) is 1.78. The minimum Gasteiger partial charge on any atom is -0.465 e. The Hall–Kier alpha value is -0.760. The first-order chi connectivity index (χ1) is 8.20. The average Bonchev–Trinajstić information content (AvgIpc) is 2.70. The Bertz CT molecular complexity index is 410. The van der Waals surface area contributed by atoms with E-state index in [1.807, 2.05) is 0 Å². The van der Waals surface area contributed by atoms with Gasteiger partial charge in [-0.3, -0.25) is 0 Å². The Kier molecular flexibility index (Phi) is 8.08. The number of thiazole rings is 1. The molecule has 110 valence electrons. The van der Waals surface area contributed by atoms with Gasteiger partial charge in [0.1, 0.15) is 0 Å². The molecule has 0 aliphatic carbocycles. The summed E-state index contributed by atoms with van der Waals surface area (Å²) in [6.07, 6.45) is 2.24. The maximum Gasteiger partial charge on any atom is 0.351 e. The van der Waals surface area contributed by atoms with Crippen molar-refractivity contribution in [2.24, 2.45) is 0 Å². The smallest absolute Gasteiger partial charge is 0.351 e. The zero-order chi connectivity index (χ0) is 12.3. The molecule has 0 saturated carbocycles. The zero-order valence-electron chi connectivity index (χ0n) is 10.5. The summed E-state index contributed by atoms with van der Waals surface area (Å²) < 4.78 is 4.63. The second-order valence-electron chi connectivity index (χ2n) is 3.91. The van der Waals surface area contributed by atoms with Gasteiger partial charge in [0, 0.05) is 12.6 Å². The highest BCUT2D eigenvalue weighted by Gasteiger charge is 2.19. The third kappa shape index (κ3) is 4.68. The van der Waals surface area contributed by atoms with Gasteiger partial charge in [0.15, 0.2) is 15.8 Å². The van der Waals surface area contributed by atoms with Crippen LogP contribution >= 0.6 is 36.2 Å². The Morgan fingerprint density at radius 3 is 2.89 bits per heavy atom. The second kappa shape index (κ2) is 8.42. The average molecular weight is 329 g/mol. The van der Waals surface area contributed by atoms with Gasteiger partial charge in [0.05, 0.1) is 7.11 Å². The minimum absolute atomic E-state index is 0. The molecule has 1 aliphatic heterocycles. The third-order valence-electron chi connectivity index (χ3n) is 2.65. The van der Waals surface area contributed by atoms with Crippen molar-refractivity contribution in [2.75, 3.05) is 31.2 Å². The molecular formula is C10H18Cl2N4O2S. The highest BCUT2D eigenvalue weighted by atomic mass is 35.5. The number of hydrogen-bond donors (Lipinski definition) is 3. The molecular weight excluding hydrogens is 311 g/mol. The number of nitrogens with one attached hydrogen (secondary N) is 2. The van der Waals surface area contributed by atoms with Crippen molar-refractivity contribution in [3.05, 3.63) is 4.88 Å². The molecule has 19 heavy (non-hydrogen) atoms. The lowest BCUT2D eigenvalue weighted by Crippen LogP contribution is -2.38. The number of hydrogen-bond acceptors (Lipinski definition) is 7. The summed E-state index contributed by atoms with van der Waals surface area (Å²) in [6.45, 7) is 1.97. The van der Waals surface area contributed by atoms with E-state index in [1.165, 1.54) is 18.4 Å². The van der Waals surface area contributed by atoms with E-state index in [4.69, 9.17) is 5.73 Å². The van der Waals surface area contributed by atoms with Crippen LogP contribution < -0.4 is 16.4 Å². The molecule has 1 aliphatic rings. The fourth-order valence-corrected chi connectivity index (χ4v) is 2.66. The van der Waals surface area contributed by atoms with E-state index in [0.29, 0.717) is 16.1 Å². The summed E-state index contributed by atoms with van der Waals surface area (Å²) in [5, 5.41) is 7.26. The van der Waals surface area contributed by atoms with Crippen LogP contribution in [0.4, 0.5) is 10.9 Å². The van der Waals surface area contributed by atoms with E-state index in [9.17, 15) is 4.79 Å². The van der Waals surface area contributed by atoms with Crippen molar-refractivity contribution >= 4 is 53.1 Å². The van der Waals surface area contributed by atoms with Gasteiger partial charge in [-0.1, -0.05) is 11.3 Å². The van der Waals surface area contributed by atoms with E-state index in [0.717, 1.165) is 25.9 Å². The summed E-state index contributed by atoms with van der Waals surface area (Å²) in [6, 6.07) is 0.347. The van der Waals surface area contributed by atoms with Crippen molar-refractivity contribution in [1.82, 2.24) is 10.3 Å². The molecule has 2 heterocycles. The van der Waals surface area contributed by atoms with Gasteiger partial charge in [-0.25, -0.2) is 9.78 Å². The van der Waals surface area contributed by atoms with Gasteiger partial charge >= 0.3 is 5.97 Å². The van der Waals surface area contributed by atoms with Crippen LogP contribution in [0.2, 0.25) is 0 Å². The van der Waals surface area contributed by atoms with Crippen molar-refractivity contribution in [3.63, 3.8) is 0 Å². The predicted molar refractivity (Wildman–Crippen MR) is 81.9 cm³/mol. The Balaban J connectivity index is 0.00000162. The topological polar surface area (TPSA) is 89.3 Å². The first-order valence-electron chi connectivity index (χ1n) is 5.52. The van der Waals surface area contributed by atoms with Crippen molar-refractivity contribution in [3.8, 4) is 0 Å². The van der Waals surface area contributed by atoms with Crippen LogP contribution in [0, 0.1) is 0 Å². The lowest BCUT2D eigenvalue weighted by Gasteiger charge is -2.23. The number of ether oxygens (including phenoxy) is 1. The van der Waals surface area contributed by atoms with Crippen molar-refractivity contribution in [2.45, 2.75) is 18.9 Å². The van der Waals surface area contributed by atoms with Crippen LogP contribution in [0.25, 0.3) is 0 Å². The summed E-state index contributed by atoms with van der Waals surface area (Å²) in [7, 11) is 1.33. The van der Waals surface area contributed by atoms with Crippen LogP contribution in [0.5, 0.6) is 0 Å². The number of halogens is 2. The highest BCUT2D eigenvalue weighted by molar-refractivity contribution is 7.17. The number of nitrogen functional groups attached to an aromatic ring is 1. The largest absolute Gasteiger partial charge is 0.465 e. The molecule has 4 N–H and O–H groups in total. The number of piperidine rings is 1. The fraction of sp³-hybridized carbons (Fsp3) is 0.600. The first kappa shape index (κ1) is 18.2. The molecule has 1 atom stereocenters. The molecule has 0 radical (unpaired) electrons. The molecule has 0 aromatic carbocycles. The van der Waals surface area contributed by atoms with Crippen LogP contribution in [-0.2, 0) is 4.74 Å². The van der Waals surface area contributed by atoms with E-state index in [-0.39, 0.29) is 30.6 Å². The quantitative estimate of drug-likeness (QED) is 0.729. The lowest BCUT2D eigenvalue weighted by molar-refractivity contribution is 0.0607. The van der Waals surface area contributed by atoms with E-state index in [1.54, 1.807) is 0 Å². The number of carbonyl (C=O) groups is 1. The maximum atomic E-state index is 11.4. The molecule has 0 spiro atoms. The Labute approximate surface area is 128 Å². The maximum absolute atomic E-state index is 11.4. The number of anilines is 2. The van der Waals surface area contributed by atoms with Crippen LogP contribution in [0.1, 0.15) is 22.5 Å². The molecule has 0 amide bonds. The monoisotopic (exact) mass is 328 g/mol. The normalized spacial score (nSPS) is 17.8. The Morgan fingerprint density at radius 1 is 1.58 bits per heavy atom. The molecule has 1 unspecified atom stereocenters. The number of carbonyl (C=O) groups excluding carboxylic acids is 1. The second-order valence-corrected chi connectivity index (χ2v) is 4.91. The summed E-state index contributed by atoms with van der Waals surface area (Å²) in [5.41, 5.74) is 5.67. The van der Waals surface area contributed by atoms with Crippen LogP contribution in [-0.4, -0.2) is 37.2 Å². The summed E-state index contributed by atoms with van der Waals surface area (Å²) >= 11 is 1.24. The molecule has 2 rings (SSSR count). The molecule has 1 fully saturated rings. The first-order valence-corrected chi connectivity index (χ1v) is 6.34. The predicted octanol–water partition coefficient (Wildman–Crippen LogP) is 1.52. The molecule has 0 bridgehead atoms. The van der Waals surface area contributed by atoms with Gasteiger partial charge < -0.3 is 21.1 Å². The summed E-state index contributed by atoms with van der Waals surface area (Å²) in [4.78, 5) is 15.9. The zero-order valence-corrected chi connectivity index (χ0v) is 12.9. The number of nitrogens with two attached hydrogens (primary N) is 1. The van der Waals surface area contributed by atoms with E-state index in [2.05, 4.69) is 20.4 Å². The standard InChI is InChI=1S/C10H16N4O2S.2ClH/c1-16-9(15)7-8(11)14-10(17-7)13-6-3-2-4-12-5-6;;/h6,12H,2-5,11H2,1H3,(H,13,14);2*1H. The molecule has 6 nitrogen and oxygen atoms in total. The van der Waals surface area contributed by atoms with Gasteiger partial charge in [0.25, 0.3) is 0 Å². The Morgan fingerprint density at radius 2 is 2.32 bits per heavy atom. The lowest BCUT2D eigenvalue weighted by atomic mass is 10.1. The number of nitrogens with zero attached hydrogens (tertiary/aromatic N) is 1. The third-order valence-corrected chi connectivity index (χ3v) is 3.63. The van der Waals surface area contributed by atoms with Gasteiger partial charge in [-0.15, -0.1) is 24.8 Å². The molecule has 1 aromatic rings. The molecule has 1 saturated heterocycles. The molecule has 9 heteroatoms. The number of rotatable bonds is 3. The SMILES string of the molecule is COC(=O)c1sc(NC2CCCNC2)nc1N.Cl.Cl. The minimum atomic E-state index is -0.435.